The number of ether oxygens (including phenoxy) is 3. The lowest BCUT2D eigenvalue weighted by Crippen LogP contribution is -2.42. The molecule has 1 aromatic rings. The Kier molecular flexibility index (Phi) is 4.22. The Labute approximate surface area is 160 Å². The molecule has 3 aliphatic rings. The van der Waals surface area contributed by atoms with Crippen LogP contribution in [-0.4, -0.2) is 43.1 Å². The molecule has 2 heterocycles. The first-order chi connectivity index (χ1) is 12.5. The van der Waals surface area contributed by atoms with Crippen LogP contribution in [0.15, 0.2) is 22.7 Å². The monoisotopic (exact) mass is 421 g/mol. The summed E-state index contributed by atoms with van der Waals surface area (Å²) >= 11 is 3.63. The first kappa shape index (κ1) is 17.4. The number of amides is 1. The average molecular weight is 422 g/mol. The SMILES string of the molecule is CCOC(=O)N1CCC23C=CC(=O)CC2Oc2c(OC)cc(Br)c(c23)C1. The summed E-state index contributed by atoms with van der Waals surface area (Å²) in [5, 5.41) is 0. The van der Waals surface area contributed by atoms with Crippen LogP contribution in [0.2, 0.25) is 0 Å². The average Bonchev–Trinajstić information content (AvgIpc) is 2.83. The fourth-order valence-electron chi connectivity index (χ4n) is 4.21. The molecule has 26 heavy (non-hydrogen) atoms. The van der Waals surface area contributed by atoms with Gasteiger partial charge in [0, 0.05) is 23.0 Å². The highest BCUT2D eigenvalue weighted by Crippen LogP contribution is 2.56. The normalized spacial score (nSPS) is 25.9. The Hall–Kier alpha value is -2.02. The molecule has 6 nitrogen and oxygen atoms in total. The fourth-order valence-corrected chi connectivity index (χ4v) is 4.74. The predicted molar refractivity (Wildman–Crippen MR) is 97.6 cm³/mol. The van der Waals surface area contributed by atoms with Gasteiger partial charge in [-0.15, -0.1) is 0 Å². The summed E-state index contributed by atoms with van der Waals surface area (Å²) in [6.07, 6.45) is 3.99. The van der Waals surface area contributed by atoms with Gasteiger partial charge in [0.25, 0.3) is 0 Å². The molecule has 1 amide bonds. The summed E-state index contributed by atoms with van der Waals surface area (Å²) in [5.74, 6) is 1.37. The summed E-state index contributed by atoms with van der Waals surface area (Å²) in [6, 6.07) is 1.86. The number of rotatable bonds is 2. The van der Waals surface area contributed by atoms with Crippen molar-refractivity contribution < 1.29 is 23.8 Å². The van der Waals surface area contributed by atoms with Crippen molar-refractivity contribution in [2.24, 2.45) is 0 Å². The summed E-state index contributed by atoms with van der Waals surface area (Å²) in [7, 11) is 1.60. The van der Waals surface area contributed by atoms with Gasteiger partial charge in [0.15, 0.2) is 17.3 Å². The zero-order chi connectivity index (χ0) is 18.5. The number of methoxy groups -OCH3 is 1. The Bertz CT molecular complexity index is 821. The maximum atomic E-state index is 12.4. The Morgan fingerprint density at radius 3 is 3.04 bits per heavy atom. The highest BCUT2D eigenvalue weighted by atomic mass is 79.9. The number of carbonyl (C=O) groups excluding carboxylic acids is 2. The molecule has 0 saturated carbocycles. The number of allylic oxidation sites excluding steroid dienone is 1. The van der Waals surface area contributed by atoms with Crippen molar-refractivity contribution in [2.45, 2.75) is 37.8 Å². The van der Waals surface area contributed by atoms with E-state index in [-0.39, 0.29) is 18.0 Å². The summed E-state index contributed by atoms with van der Waals surface area (Å²) in [4.78, 5) is 26.1. The van der Waals surface area contributed by atoms with Gasteiger partial charge < -0.3 is 19.1 Å². The van der Waals surface area contributed by atoms with E-state index in [9.17, 15) is 9.59 Å². The molecule has 1 aromatic carbocycles. The van der Waals surface area contributed by atoms with Gasteiger partial charge in [0.1, 0.15) is 6.10 Å². The van der Waals surface area contributed by atoms with Gasteiger partial charge in [0.05, 0.1) is 25.7 Å². The van der Waals surface area contributed by atoms with Crippen LogP contribution in [0.5, 0.6) is 11.5 Å². The number of hydrogen-bond donors (Lipinski definition) is 0. The van der Waals surface area contributed by atoms with Gasteiger partial charge in [-0.25, -0.2) is 4.79 Å². The van der Waals surface area contributed by atoms with Crippen LogP contribution in [0.25, 0.3) is 0 Å². The molecule has 7 heteroatoms. The molecule has 1 aliphatic carbocycles. The molecule has 4 rings (SSSR count). The maximum absolute atomic E-state index is 12.4. The predicted octanol–water partition coefficient (Wildman–Crippen LogP) is 3.35. The molecule has 0 saturated heterocycles. The fraction of sp³-hybridized carbons (Fsp3) is 0.474. The minimum atomic E-state index is -0.434. The molecule has 0 fully saturated rings. The van der Waals surface area contributed by atoms with Crippen LogP contribution in [0.3, 0.4) is 0 Å². The van der Waals surface area contributed by atoms with Crippen molar-refractivity contribution in [3.05, 3.63) is 33.8 Å². The lowest BCUT2D eigenvalue weighted by atomic mass is 9.69. The van der Waals surface area contributed by atoms with Crippen molar-refractivity contribution in [3.63, 3.8) is 0 Å². The molecule has 2 aliphatic heterocycles. The molecule has 0 bridgehead atoms. The molecule has 0 radical (unpaired) electrons. The Morgan fingerprint density at radius 2 is 2.31 bits per heavy atom. The molecular formula is C19H20BrNO5. The number of carbonyl (C=O) groups is 2. The van der Waals surface area contributed by atoms with Crippen LogP contribution >= 0.6 is 15.9 Å². The number of ketones is 1. The van der Waals surface area contributed by atoms with Gasteiger partial charge >= 0.3 is 6.09 Å². The van der Waals surface area contributed by atoms with E-state index < -0.39 is 5.41 Å². The largest absolute Gasteiger partial charge is 0.493 e. The number of hydrogen-bond acceptors (Lipinski definition) is 5. The van der Waals surface area contributed by atoms with Gasteiger partial charge in [0.2, 0.25) is 0 Å². The van der Waals surface area contributed by atoms with Crippen LogP contribution in [-0.2, 0) is 21.5 Å². The molecule has 138 valence electrons. The highest BCUT2D eigenvalue weighted by molar-refractivity contribution is 9.10. The molecule has 1 spiro atoms. The van der Waals surface area contributed by atoms with Gasteiger partial charge in [-0.3, -0.25) is 4.79 Å². The summed E-state index contributed by atoms with van der Waals surface area (Å²) in [5.41, 5.74) is 1.56. The third kappa shape index (κ3) is 2.44. The molecular weight excluding hydrogens is 402 g/mol. The van der Waals surface area contributed by atoms with E-state index in [4.69, 9.17) is 14.2 Å². The second-order valence-corrected chi connectivity index (χ2v) is 7.62. The molecule has 0 N–H and O–H groups in total. The van der Waals surface area contributed by atoms with Crippen molar-refractivity contribution in [2.75, 3.05) is 20.3 Å². The number of halogens is 1. The highest BCUT2D eigenvalue weighted by Gasteiger charge is 2.53. The van der Waals surface area contributed by atoms with Gasteiger partial charge in [-0.2, -0.15) is 0 Å². The first-order valence-electron chi connectivity index (χ1n) is 8.70. The lowest BCUT2D eigenvalue weighted by molar-refractivity contribution is -0.117. The van der Waals surface area contributed by atoms with E-state index in [1.54, 1.807) is 25.0 Å². The second-order valence-electron chi connectivity index (χ2n) is 6.76. The molecule has 0 aromatic heterocycles. The van der Waals surface area contributed by atoms with Crippen LogP contribution in [0, 0.1) is 0 Å². The Balaban J connectivity index is 1.89. The minimum absolute atomic E-state index is 0.0551. The first-order valence-corrected chi connectivity index (χ1v) is 9.49. The van der Waals surface area contributed by atoms with Gasteiger partial charge in [-0.05, 0) is 31.1 Å². The van der Waals surface area contributed by atoms with Gasteiger partial charge in [-0.1, -0.05) is 22.0 Å². The van der Waals surface area contributed by atoms with Crippen molar-refractivity contribution in [1.82, 2.24) is 4.90 Å². The minimum Gasteiger partial charge on any atom is -0.493 e. The zero-order valence-corrected chi connectivity index (χ0v) is 16.3. The van der Waals surface area contributed by atoms with Crippen molar-refractivity contribution in [1.29, 1.82) is 0 Å². The van der Waals surface area contributed by atoms with Crippen LogP contribution in [0.4, 0.5) is 4.79 Å². The maximum Gasteiger partial charge on any atom is 0.410 e. The standard InChI is InChI=1S/C19H20BrNO5/c1-3-25-18(23)21-7-6-19-5-4-11(22)8-15(19)26-17-14(24-2)9-13(20)12(10-21)16(17)19/h4-5,9,15H,3,6-8,10H2,1-2H3. The summed E-state index contributed by atoms with van der Waals surface area (Å²) in [6.45, 7) is 3.08. The van der Waals surface area contributed by atoms with Crippen LogP contribution < -0.4 is 9.47 Å². The topological polar surface area (TPSA) is 65.1 Å². The van der Waals surface area contributed by atoms with E-state index >= 15 is 0 Å². The number of benzene rings is 1. The van der Waals surface area contributed by atoms with Crippen molar-refractivity contribution in [3.8, 4) is 11.5 Å². The Morgan fingerprint density at radius 1 is 1.50 bits per heavy atom. The third-order valence-corrected chi connectivity index (χ3v) is 6.15. The third-order valence-electron chi connectivity index (χ3n) is 5.44. The molecule has 2 unspecified atom stereocenters. The van der Waals surface area contributed by atoms with E-state index in [0.717, 1.165) is 15.6 Å². The number of nitrogens with zero attached hydrogens (tertiary/aromatic N) is 1. The van der Waals surface area contributed by atoms with E-state index in [0.29, 0.717) is 44.0 Å². The van der Waals surface area contributed by atoms with Crippen LogP contribution in [0.1, 0.15) is 30.9 Å². The summed E-state index contributed by atoms with van der Waals surface area (Å²) < 4.78 is 17.8. The van der Waals surface area contributed by atoms with E-state index in [1.165, 1.54) is 0 Å². The van der Waals surface area contributed by atoms with Crippen molar-refractivity contribution >= 4 is 27.8 Å². The zero-order valence-electron chi connectivity index (χ0n) is 14.7. The molecule has 2 atom stereocenters. The van der Waals surface area contributed by atoms with E-state index in [1.807, 2.05) is 12.1 Å². The quantitative estimate of drug-likeness (QED) is 0.732. The van der Waals surface area contributed by atoms with E-state index in [2.05, 4.69) is 15.9 Å². The smallest absolute Gasteiger partial charge is 0.410 e. The second kappa shape index (κ2) is 6.30. The lowest BCUT2D eigenvalue weighted by Gasteiger charge is -2.33.